The molecule has 0 aromatic heterocycles. The lowest BCUT2D eigenvalue weighted by atomic mass is 9.92. The maximum absolute atomic E-state index is 10.3. The summed E-state index contributed by atoms with van der Waals surface area (Å²) in [6.45, 7) is 6.25. The first kappa shape index (κ1) is 15.4. The molecule has 1 heteroatoms. The predicted octanol–water partition coefficient (Wildman–Crippen LogP) is 5.08. The number of hydrogen-bond donors (Lipinski definition) is 0. The van der Waals surface area contributed by atoms with Gasteiger partial charge in [-0.15, -0.1) is 0 Å². The van der Waals surface area contributed by atoms with Crippen LogP contribution in [-0.4, -0.2) is 6.29 Å². The third-order valence-corrected chi connectivity index (χ3v) is 3.39. The molecule has 0 fully saturated rings. The third-order valence-electron chi connectivity index (χ3n) is 3.39. The van der Waals surface area contributed by atoms with E-state index in [0.717, 1.165) is 11.9 Å². The van der Waals surface area contributed by atoms with E-state index < -0.39 is 0 Å². The minimum absolute atomic E-state index is 0.814. The monoisotopic (exact) mass is 256 g/mol. The molecule has 1 nitrogen and oxygen atoms in total. The van der Waals surface area contributed by atoms with Gasteiger partial charge in [0.05, 0.1) is 0 Å². The Morgan fingerprint density at radius 2 is 1.68 bits per heavy atom. The molecule has 0 N–H and O–H groups in total. The van der Waals surface area contributed by atoms with E-state index in [1.165, 1.54) is 42.4 Å². The molecule has 102 valence electrons. The maximum Gasteiger partial charge on any atom is 0.143 e. The van der Waals surface area contributed by atoms with E-state index >= 15 is 0 Å². The fraction of sp³-hybridized carbons (Fsp3) is 0.389. The van der Waals surface area contributed by atoms with Crippen molar-refractivity contribution in [3.63, 3.8) is 0 Å². The number of carbonyl (C=O) groups is 1. The fourth-order valence-electron chi connectivity index (χ4n) is 2.11. The highest BCUT2D eigenvalue weighted by Gasteiger charge is 2.05. The van der Waals surface area contributed by atoms with Gasteiger partial charge in [-0.05, 0) is 63.7 Å². The molecule has 1 aliphatic rings. The first-order valence-corrected chi connectivity index (χ1v) is 6.97. The Bertz CT molecular complexity index is 456. The molecule has 0 radical (unpaired) electrons. The zero-order chi connectivity index (χ0) is 14.1. The Labute approximate surface area is 117 Å². The van der Waals surface area contributed by atoms with Crippen molar-refractivity contribution < 1.29 is 4.79 Å². The summed E-state index contributed by atoms with van der Waals surface area (Å²) >= 11 is 0. The molecule has 0 unspecified atom stereocenters. The molecule has 0 heterocycles. The van der Waals surface area contributed by atoms with Crippen molar-refractivity contribution in [1.29, 1.82) is 0 Å². The molecule has 0 bridgehead atoms. The zero-order valence-electron chi connectivity index (χ0n) is 12.3. The minimum Gasteiger partial charge on any atom is -0.299 e. The van der Waals surface area contributed by atoms with Crippen LogP contribution in [0, 0.1) is 0 Å². The maximum atomic E-state index is 10.3. The Morgan fingerprint density at radius 3 is 2.37 bits per heavy atom. The topological polar surface area (TPSA) is 17.1 Å². The molecule has 1 rings (SSSR count). The third kappa shape index (κ3) is 6.19. The summed E-state index contributed by atoms with van der Waals surface area (Å²) in [4.78, 5) is 10.3. The number of hydrogen-bond acceptors (Lipinski definition) is 1. The molecule has 0 amide bonds. The summed E-state index contributed by atoms with van der Waals surface area (Å²) in [6, 6.07) is 0. The summed E-state index contributed by atoms with van der Waals surface area (Å²) in [5, 5.41) is 0. The van der Waals surface area contributed by atoms with E-state index in [4.69, 9.17) is 0 Å². The van der Waals surface area contributed by atoms with Gasteiger partial charge in [0.1, 0.15) is 6.29 Å². The van der Waals surface area contributed by atoms with Gasteiger partial charge >= 0.3 is 0 Å². The smallest absolute Gasteiger partial charge is 0.143 e. The second-order valence-corrected chi connectivity index (χ2v) is 5.16. The first-order chi connectivity index (χ1) is 9.13. The van der Waals surface area contributed by atoms with Crippen LogP contribution in [-0.2, 0) is 4.79 Å². The molecule has 0 aromatic carbocycles. The van der Waals surface area contributed by atoms with Crippen molar-refractivity contribution in [3.8, 4) is 0 Å². The van der Waals surface area contributed by atoms with Crippen LogP contribution in [0.5, 0.6) is 0 Å². The highest BCUT2D eigenvalue weighted by atomic mass is 16.1. The quantitative estimate of drug-likeness (QED) is 0.381. The molecule has 0 spiro atoms. The lowest BCUT2D eigenvalue weighted by Gasteiger charge is -2.14. The van der Waals surface area contributed by atoms with Gasteiger partial charge in [0, 0.05) is 0 Å². The fourth-order valence-corrected chi connectivity index (χ4v) is 2.11. The summed E-state index contributed by atoms with van der Waals surface area (Å²) in [6.07, 6.45) is 17.9. The number of carbonyl (C=O) groups excluding carboxylic acids is 1. The molecule has 1 aliphatic carbocycles. The molecular weight excluding hydrogens is 232 g/mol. The van der Waals surface area contributed by atoms with E-state index in [1.807, 2.05) is 19.1 Å². The minimum atomic E-state index is 0.814. The number of rotatable bonds is 5. The first-order valence-electron chi connectivity index (χ1n) is 6.97. The molecular formula is C18H24O. The van der Waals surface area contributed by atoms with Gasteiger partial charge < -0.3 is 0 Å². The molecule has 19 heavy (non-hydrogen) atoms. The Kier molecular flexibility index (Phi) is 6.88. The standard InChI is InChI=1S/C18H24O/c1-15(7-6-8-16(2)13-14-19)11-12-18-10-5-4-9-17(18)3/h6-8,11-14H,4-5,9-10H2,1-3H3/b8-6+,12-11+,15-7+,16-13+. The lowest BCUT2D eigenvalue weighted by molar-refractivity contribution is -0.104. The van der Waals surface area contributed by atoms with Gasteiger partial charge in [-0.2, -0.15) is 0 Å². The van der Waals surface area contributed by atoms with Gasteiger partial charge in [-0.25, -0.2) is 0 Å². The van der Waals surface area contributed by atoms with Crippen LogP contribution in [0.25, 0.3) is 0 Å². The number of allylic oxidation sites excluding steroid dienone is 10. The predicted molar refractivity (Wildman–Crippen MR) is 83.0 cm³/mol. The lowest BCUT2D eigenvalue weighted by Crippen LogP contribution is -1.94. The summed E-state index contributed by atoms with van der Waals surface area (Å²) in [7, 11) is 0. The largest absolute Gasteiger partial charge is 0.299 e. The second kappa shape index (κ2) is 8.47. The Hall–Kier alpha value is -1.63. The average molecular weight is 256 g/mol. The Balaban J connectivity index is 2.61. The van der Waals surface area contributed by atoms with Crippen molar-refractivity contribution in [2.75, 3.05) is 0 Å². The van der Waals surface area contributed by atoms with E-state index in [0.29, 0.717) is 0 Å². The van der Waals surface area contributed by atoms with Crippen molar-refractivity contribution in [3.05, 3.63) is 58.7 Å². The highest BCUT2D eigenvalue weighted by molar-refractivity contribution is 5.66. The SMILES string of the molecule is CC1=C(/C=C/C(C)=C/C=C/C(C)=C/C=O)CCCC1. The highest BCUT2D eigenvalue weighted by Crippen LogP contribution is 2.25. The molecule has 0 saturated heterocycles. The number of aldehydes is 1. The molecule has 0 aliphatic heterocycles. The van der Waals surface area contributed by atoms with Crippen LogP contribution in [0.2, 0.25) is 0 Å². The zero-order valence-corrected chi connectivity index (χ0v) is 12.3. The van der Waals surface area contributed by atoms with Gasteiger partial charge in [0.25, 0.3) is 0 Å². The second-order valence-electron chi connectivity index (χ2n) is 5.16. The Morgan fingerprint density at radius 1 is 1.00 bits per heavy atom. The summed E-state index contributed by atoms with van der Waals surface area (Å²) < 4.78 is 0. The van der Waals surface area contributed by atoms with E-state index in [2.05, 4.69) is 32.1 Å². The van der Waals surface area contributed by atoms with Crippen LogP contribution < -0.4 is 0 Å². The molecule has 0 aromatic rings. The summed E-state index contributed by atoms with van der Waals surface area (Å²) in [5.74, 6) is 0. The van der Waals surface area contributed by atoms with Gasteiger partial charge in [-0.3, -0.25) is 4.79 Å². The molecule has 0 saturated carbocycles. The van der Waals surface area contributed by atoms with E-state index in [1.54, 1.807) is 6.08 Å². The van der Waals surface area contributed by atoms with Crippen LogP contribution in [0.3, 0.4) is 0 Å². The molecule has 0 atom stereocenters. The van der Waals surface area contributed by atoms with Gasteiger partial charge in [0.2, 0.25) is 0 Å². The summed E-state index contributed by atoms with van der Waals surface area (Å²) in [5.41, 5.74) is 5.23. The van der Waals surface area contributed by atoms with Crippen molar-refractivity contribution in [1.82, 2.24) is 0 Å². The van der Waals surface area contributed by atoms with Gasteiger partial charge in [-0.1, -0.05) is 41.5 Å². The van der Waals surface area contributed by atoms with Crippen LogP contribution >= 0.6 is 0 Å². The van der Waals surface area contributed by atoms with Gasteiger partial charge in [0.15, 0.2) is 0 Å². The van der Waals surface area contributed by atoms with Crippen LogP contribution in [0.15, 0.2) is 58.7 Å². The average Bonchev–Trinajstić information content (AvgIpc) is 2.38. The van der Waals surface area contributed by atoms with Crippen molar-refractivity contribution >= 4 is 6.29 Å². The van der Waals surface area contributed by atoms with Crippen molar-refractivity contribution in [2.45, 2.75) is 46.5 Å². The van der Waals surface area contributed by atoms with E-state index in [-0.39, 0.29) is 0 Å². The van der Waals surface area contributed by atoms with Crippen LogP contribution in [0.1, 0.15) is 46.5 Å². The normalized spacial score (nSPS) is 18.7. The van der Waals surface area contributed by atoms with Crippen molar-refractivity contribution in [2.24, 2.45) is 0 Å². The van der Waals surface area contributed by atoms with E-state index in [9.17, 15) is 4.79 Å². The van der Waals surface area contributed by atoms with Crippen LogP contribution in [0.4, 0.5) is 0 Å².